The van der Waals surface area contributed by atoms with Gasteiger partial charge in [0.1, 0.15) is 20.5 Å². The molecule has 0 radical (unpaired) electrons. The van der Waals surface area contributed by atoms with E-state index in [9.17, 15) is 4.79 Å². The maximum atomic E-state index is 10.7. The van der Waals surface area contributed by atoms with Crippen LogP contribution in [0, 0.1) is 0 Å². The van der Waals surface area contributed by atoms with E-state index in [1.807, 2.05) is 0 Å². The smallest absolute Gasteiger partial charge is 0.247 e. The van der Waals surface area contributed by atoms with Crippen LogP contribution in [0.3, 0.4) is 0 Å². The molecule has 0 bridgehead atoms. The first kappa shape index (κ1) is 7.75. The van der Waals surface area contributed by atoms with Gasteiger partial charge in [-0.05, 0) is 0 Å². The number of carbonyl (C=O) groups is 1. The Hall–Kier alpha value is -0.353. The van der Waals surface area contributed by atoms with E-state index in [0.717, 1.165) is 0 Å². The molecule has 1 heterocycles. The number of ether oxygens (including phenoxy) is 1. The van der Waals surface area contributed by atoms with Crippen molar-refractivity contribution in [3.63, 3.8) is 0 Å². The highest BCUT2D eigenvalue weighted by Gasteiger charge is 2.33. The van der Waals surface area contributed by atoms with Crippen molar-refractivity contribution in [3.05, 3.63) is 0 Å². The van der Waals surface area contributed by atoms with E-state index >= 15 is 0 Å². The zero-order valence-electron chi connectivity index (χ0n) is 6.60. The molecule has 0 saturated carbocycles. The van der Waals surface area contributed by atoms with Crippen molar-refractivity contribution >= 4 is 14.0 Å². The van der Waals surface area contributed by atoms with Gasteiger partial charge in [0.05, 0.1) is 0 Å². The fourth-order valence-electron chi connectivity index (χ4n) is 0.855. The van der Waals surface area contributed by atoms with Crippen LogP contribution in [0.4, 0.5) is 0 Å². The number of amides is 1. The van der Waals surface area contributed by atoms with Crippen LogP contribution in [0.1, 0.15) is 0 Å². The van der Waals surface area contributed by atoms with Crippen LogP contribution < -0.4 is 5.32 Å². The molecule has 1 aliphatic rings. The molecular weight excluding hydrogens is 146 g/mol. The van der Waals surface area contributed by atoms with E-state index in [0.29, 0.717) is 0 Å². The van der Waals surface area contributed by atoms with Crippen molar-refractivity contribution in [1.82, 2.24) is 5.32 Å². The Labute approximate surface area is 61.8 Å². The molecule has 1 atom stereocenters. The van der Waals surface area contributed by atoms with E-state index in [4.69, 9.17) is 4.74 Å². The molecule has 1 N–H and O–H groups in total. The molecule has 0 aromatic heterocycles. The van der Waals surface area contributed by atoms with Gasteiger partial charge in [0.15, 0.2) is 0 Å². The van der Waals surface area contributed by atoms with Gasteiger partial charge in [0.2, 0.25) is 5.91 Å². The maximum absolute atomic E-state index is 10.7. The summed E-state index contributed by atoms with van der Waals surface area (Å²) in [6, 6.07) is 0. The molecule has 4 heteroatoms. The zero-order chi connectivity index (χ0) is 7.78. The first-order valence-electron chi connectivity index (χ1n) is 3.41. The Kier molecular flexibility index (Phi) is 1.83. The van der Waals surface area contributed by atoms with Gasteiger partial charge in [-0.1, -0.05) is 19.6 Å². The normalized spacial score (nSPS) is 26.7. The maximum Gasteiger partial charge on any atom is 0.247 e. The van der Waals surface area contributed by atoms with Crippen molar-refractivity contribution in [2.24, 2.45) is 0 Å². The highest BCUT2D eigenvalue weighted by Crippen LogP contribution is 2.11. The van der Waals surface area contributed by atoms with Gasteiger partial charge in [-0.3, -0.25) is 4.79 Å². The van der Waals surface area contributed by atoms with Gasteiger partial charge in [-0.2, -0.15) is 0 Å². The predicted octanol–water partition coefficient (Wildman–Crippen LogP) is 0.336. The van der Waals surface area contributed by atoms with Crippen molar-refractivity contribution in [2.45, 2.75) is 25.5 Å². The molecule has 0 aliphatic carbocycles. The Balaban J connectivity index is 2.53. The lowest BCUT2D eigenvalue weighted by molar-refractivity contribution is -0.119. The van der Waals surface area contributed by atoms with Gasteiger partial charge in [0, 0.05) is 0 Å². The van der Waals surface area contributed by atoms with Crippen molar-refractivity contribution < 1.29 is 9.53 Å². The van der Waals surface area contributed by atoms with E-state index in [-0.39, 0.29) is 18.4 Å². The van der Waals surface area contributed by atoms with Crippen molar-refractivity contribution in [3.8, 4) is 0 Å². The number of nitrogens with one attached hydrogen (secondary N) is 1. The number of carbonyl (C=O) groups excluding carboxylic acids is 1. The summed E-state index contributed by atoms with van der Waals surface area (Å²) in [6.45, 7) is 6.75. The van der Waals surface area contributed by atoms with E-state index < -0.39 is 8.07 Å². The lowest BCUT2D eigenvalue weighted by Gasteiger charge is -2.22. The third-order valence-corrected chi connectivity index (χ3v) is 3.34. The van der Waals surface area contributed by atoms with Crippen LogP contribution in [0.2, 0.25) is 19.6 Å². The molecule has 0 aromatic carbocycles. The summed E-state index contributed by atoms with van der Waals surface area (Å²) < 4.78 is 5.23. The molecule has 1 aliphatic heterocycles. The summed E-state index contributed by atoms with van der Waals surface area (Å²) in [5.41, 5.74) is 0. The average Bonchev–Trinajstić information content (AvgIpc) is 2.11. The topological polar surface area (TPSA) is 38.3 Å². The van der Waals surface area contributed by atoms with Crippen LogP contribution in [0.25, 0.3) is 0 Å². The zero-order valence-corrected chi connectivity index (χ0v) is 7.60. The van der Waals surface area contributed by atoms with Gasteiger partial charge < -0.3 is 10.1 Å². The molecule has 1 unspecified atom stereocenters. The molecule has 0 spiro atoms. The van der Waals surface area contributed by atoms with E-state index in [1.165, 1.54) is 0 Å². The average molecular weight is 159 g/mol. The van der Waals surface area contributed by atoms with Gasteiger partial charge >= 0.3 is 0 Å². The molecule has 1 amide bonds. The molecular formula is C6H13NO2Si. The highest BCUT2D eigenvalue weighted by atomic mass is 28.3. The first-order chi connectivity index (χ1) is 4.50. The summed E-state index contributed by atoms with van der Waals surface area (Å²) in [5, 5.41) is 2.79. The Morgan fingerprint density at radius 3 is 2.40 bits per heavy atom. The summed E-state index contributed by atoms with van der Waals surface area (Å²) >= 11 is 0. The van der Waals surface area contributed by atoms with Gasteiger partial charge in [-0.15, -0.1) is 0 Å². The Bertz CT molecular complexity index is 152. The van der Waals surface area contributed by atoms with Crippen molar-refractivity contribution in [1.29, 1.82) is 0 Å². The van der Waals surface area contributed by atoms with Gasteiger partial charge in [-0.25, -0.2) is 0 Å². The molecule has 1 fully saturated rings. The summed E-state index contributed by atoms with van der Waals surface area (Å²) in [7, 11) is -1.32. The minimum Gasteiger partial charge on any atom is -0.352 e. The van der Waals surface area contributed by atoms with Crippen molar-refractivity contribution in [2.75, 3.05) is 6.61 Å². The quantitative estimate of drug-likeness (QED) is 0.560. The highest BCUT2D eigenvalue weighted by molar-refractivity contribution is 6.77. The van der Waals surface area contributed by atoms with Crippen LogP contribution in [-0.4, -0.2) is 26.4 Å². The SMILES string of the molecule is C[Si](C)(C)C1NC(=O)CO1. The second kappa shape index (κ2) is 2.36. The fourth-order valence-corrected chi connectivity index (χ4v) is 2.03. The lowest BCUT2D eigenvalue weighted by atomic mass is 10.7. The minimum absolute atomic E-state index is 0.0208. The number of rotatable bonds is 1. The standard InChI is InChI=1S/C6H13NO2Si/c1-10(2,3)6-7-5(8)4-9-6/h6H,4H2,1-3H3,(H,7,8). The molecule has 1 rings (SSSR count). The summed E-state index contributed by atoms with van der Waals surface area (Å²) in [5.74, 6) is 0.0485. The second-order valence-electron chi connectivity index (χ2n) is 3.62. The predicted molar refractivity (Wildman–Crippen MR) is 41.2 cm³/mol. The summed E-state index contributed by atoms with van der Waals surface area (Å²) in [6.07, 6.45) is 0. The minimum atomic E-state index is -1.32. The Morgan fingerprint density at radius 1 is 1.60 bits per heavy atom. The summed E-state index contributed by atoms with van der Waals surface area (Å²) in [4.78, 5) is 10.7. The number of hydrogen-bond donors (Lipinski definition) is 1. The van der Waals surface area contributed by atoms with Crippen LogP contribution in [0.5, 0.6) is 0 Å². The lowest BCUT2D eigenvalue weighted by Crippen LogP contribution is -2.46. The molecule has 3 nitrogen and oxygen atoms in total. The molecule has 58 valence electrons. The molecule has 0 aromatic rings. The van der Waals surface area contributed by atoms with E-state index in [1.54, 1.807) is 0 Å². The first-order valence-corrected chi connectivity index (χ1v) is 6.99. The third kappa shape index (κ3) is 1.57. The Morgan fingerprint density at radius 2 is 2.20 bits per heavy atom. The van der Waals surface area contributed by atoms with Crippen LogP contribution in [0.15, 0.2) is 0 Å². The second-order valence-corrected chi connectivity index (χ2v) is 8.88. The van der Waals surface area contributed by atoms with Crippen LogP contribution in [-0.2, 0) is 9.53 Å². The third-order valence-electron chi connectivity index (χ3n) is 1.46. The monoisotopic (exact) mass is 159 g/mol. The van der Waals surface area contributed by atoms with Gasteiger partial charge in [0.25, 0.3) is 0 Å². The largest absolute Gasteiger partial charge is 0.352 e. The van der Waals surface area contributed by atoms with Crippen LogP contribution >= 0.6 is 0 Å². The molecule has 10 heavy (non-hydrogen) atoms. The number of hydrogen-bond acceptors (Lipinski definition) is 2. The van der Waals surface area contributed by atoms with E-state index in [2.05, 4.69) is 25.0 Å². The molecule has 1 saturated heterocycles. The fraction of sp³-hybridized carbons (Fsp3) is 0.833.